The first-order chi connectivity index (χ1) is 20.9. The Morgan fingerprint density at radius 3 is 2.45 bits per heavy atom. The number of fused-ring (bicyclic) bond motifs is 1. The highest BCUT2D eigenvalue weighted by Gasteiger charge is 2.58. The molecule has 2 amide bonds. The number of nitrogens with zero attached hydrogens (tertiary/aromatic N) is 4. The number of benzene rings is 2. The zero-order valence-electron chi connectivity index (χ0n) is 24.4. The smallest absolute Gasteiger partial charge is 0.257 e. The van der Waals surface area contributed by atoms with Gasteiger partial charge in [-0.3, -0.25) is 19.2 Å². The molecule has 3 heterocycles. The fourth-order valence-corrected chi connectivity index (χ4v) is 5.85. The van der Waals surface area contributed by atoms with Gasteiger partial charge in [-0.1, -0.05) is 29.8 Å². The Morgan fingerprint density at radius 2 is 1.89 bits per heavy atom. The van der Waals surface area contributed by atoms with E-state index in [0.29, 0.717) is 40.4 Å². The van der Waals surface area contributed by atoms with E-state index in [-0.39, 0.29) is 29.8 Å². The van der Waals surface area contributed by atoms with Gasteiger partial charge in [-0.25, -0.2) is 9.37 Å². The first kappa shape index (κ1) is 29.7. The van der Waals surface area contributed by atoms with Crippen molar-refractivity contribution in [1.29, 1.82) is 0 Å². The maximum absolute atomic E-state index is 16.7. The third kappa shape index (κ3) is 4.81. The monoisotopic (exact) mass is 619 g/mol. The summed E-state index contributed by atoms with van der Waals surface area (Å²) in [4.78, 5) is 32.5. The number of aliphatic hydroxyl groups is 1. The van der Waals surface area contributed by atoms with Crippen molar-refractivity contribution in [3.63, 3.8) is 0 Å². The predicted octanol–water partition coefficient (Wildman–Crippen LogP) is 4.01. The number of rotatable bonds is 10. The standard InChI is InChI=1S/C32H31ClFN5O5/c1-30(42,22-15-37-38(2)17-22)21-12-24-27(25(34)13-21)32(20-5-7-23(33)8-6-20,44-18-31(10-11-31)29(35)41)39(28(24)40)16-19-4-9-26(43-3)36-14-19/h4-9,12-15,17,42H,10-11,16,18H2,1-3H3,(H2,35,41)/t30?,32-/m1/s1. The van der Waals surface area contributed by atoms with Crippen LogP contribution in [0.2, 0.25) is 5.02 Å². The van der Waals surface area contributed by atoms with E-state index in [2.05, 4.69) is 10.1 Å². The molecule has 2 aromatic heterocycles. The van der Waals surface area contributed by atoms with Gasteiger partial charge in [0.1, 0.15) is 11.4 Å². The van der Waals surface area contributed by atoms with Crippen LogP contribution >= 0.6 is 11.6 Å². The van der Waals surface area contributed by atoms with Crippen LogP contribution in [0.15, 0.2) is 67.1 Å². The van der Waals surface area contributed by atoms with Crippen LogP contribution < -0.4 is 10.5 Å². The zero-order valence-corrected chi connectivity index (χ0v) is 25.1. The number of carbonyl (C=O) groups is 2. The lowest BCUT2D eigenvalue weighted by Crippen LogP contribution is -2.48. The van der Waals surface area contributed by atoms with Crippen molar-refractivity contribution in [3.8, 4) is 5.88 Å². The molecule has 0 spiro atoms. The molecule has 2 atom stereocenters. The van der Waals surface area contributed by atoms with Gasteiger partial charge < -0.3 is 20.3 Å². The van der Waals surface area contributed by atoms with Crippen LogP contribution in [0.1, 0.15) is 57.9 Å². The predicted molar refractivity (Wildman–Crippen MR) is 158 cm³/mol. The summed E-state index contributed by atoms with van der Waals surface area (Å²) in [7, 11) is 3.20. The number of halogens is 2. The molecule has 3 N–H and O–H groups in total. The van der Waals surface area contributed by atoms with Crippen LogP contribution in [0.5, 0.6) is 5.88 Å². The molecular formula is C32H31ClFN5O5. The average Bonchev–Trinajstić information content (AvgIpc) is 3.61. The van der Waals surface area contributed by atoms with Gasteiger partial charge in [0, 0.05) is 41.7 Å². The van der Waals surface area contributed by atoms with Gasteiger partial charge in [0.15, 0.2) is 5.72 Å². The largest absolute Gasteiger partial charge is 0.481 e. The van der Waals surface area contributed by atoms with Crippen LogP contribution in [0.25, 0.3) is 0 Å². The Labute approximate surface area is 258 Å². The van der Waals surface area contributed by atoms with Crippen molar-refractivity contribution in [2.24, 2.45) is 18.2 Å². The minimum absolute atomic E-state index is 0.00417. The van der Waals surface area contributed by atoms with Crippen molar-refractivity contribution in [2.45, 2.75) is 37.6 Å². The Balaban J connectivity index is 1.56. The fourth-order valence-electron chi connectivity index (χ4n) is 5.72. The number of methoxy groups -OCH3 is 1. The maximum atomic E-state index is 16.7. The van der Waals surface area contributed by atoms with Gasteiger partial charge in [-0.2, -0.15) is 5.10 Å². The zero-order chi connectivity index (χ0) is 31.4. The molecule has 1 fully saturated rings. The fraction of sp³-hybridized carbons (Fsp3) is 0.312. The lowest BCUT2D eigenvalue weighted by Gasteiger charge is -2.40. The second-order valence-electron chi connectivity index (χ2n) is 11.5. The van der Waals surface area contributed by atoms with Crippen molar-refractivity contribution >= 4 is 23.4 Å². The van der Waals surface area contributed by atoms with Gasteiger partial charge in [0.05, 0.1) is 43.0 Å². The van der Waals surface area contributed by atoms with Gasteiger partial charge in [-0.15, -0.1) is 0 Å². The SMILES string of the molecule is COc1ccc(CN2C(=O)c3cc(C(C)(O)c4cnn(C)c4)cc(F)c3[C@]2(OCC2(C(N)=O)CC2)c2ccc(Cl)cc2)cn1. The highest BCUT2D eigenvalue weighted by Crippen LogP contribution is 2.52. The Kier molecular flexibility index (Phi) is 7.22. The van der Waals surface area contributed by atoms with E-state index in [1.165, 1.54) is 41.9 Å². The molecular weight excluding hydrogens is 589 g/mol. The number of hydrogen-bond donors (Lipinski definition) is 2. The Hall–Kier alpha value is -4.32. The average molecular weight is 620 g/mol. The first-order valence-electron chi connectivity index (χ1n) is 14.0. The van der Waals surface area contributed by atoms with Crippen LogP contribution in [-0.2, 0) is 34.4 Å². The number of carbonyl (C=O) groups excluding carboxylic acids is 2. The van der Waals surface area contributed by atoms with Crippen molar-refractivity contribution in [1.82, 2.24) is 19.7 Å². The molecule has 1 aliphatic heterocycles. The molecule has 0 bridgehead atoms. The second kappa shape index (κ2) is 10.7. The maximum Gasteiger partial charge on any atom is 0.257 e. The molecule has 1 aliphatic carbocycles. The van der Waals surface area contributed by atoms with E-state index in [0.717, 1.165) is 0 Å². The number of nitrogens with two attached hydrogens (primary N) is 1. The lowest BCUT2D eigenvalue weighted by molar-refractivity contribution is -0.142. The van der Waals surface area contributed by atoms with Crippen LogP contribution in [-0.4, -0.2) is 50.3 Å². The minimum Gasteiger partial charge on any atom is -0.481 e. The quantitative estimate of drug-likeness (QED) is 0.274. The van der Waals surface area contributed by atoms with E-state index >= 15 is 4.39 Å². The van der Waals surface area contributed by atoms with E-state index in [1.54, 1.807) is 55.8 Å². The van der Waals surface area contributed by atoms with E-state index in [9.17, 15) is 14.7 Å². The molecule has 10 nitrogen and oxygen atoms in total. The molecule has 2 aromatic carbocycles. The number of amides is 2. The van der Waals surface area contributed by atoms with Crippen LogP contribution in [0, 0.1) is 11.2 Å². The summed E-state index contributed by atoms with van der Waals surface area (Å²) in [6, 6.07) is 12.6. The lowest BCUT2D eigenvalue weighted by atomic mass is 9.85. The Bertz CT molecular complexity index is 1750. The molecule has 0 saturated heterocycles. The number of aromatic nitrogens is 3. The normalized spacial score (nSPS) is 19.9. The number of ether oxygens (including phenoxy) is 2. The van der Waals surface area contributed by atoms with E-state index < -0.39 is 34.4 Å². The Morgan fingerprint density at radius 1 is 1.16 bits per heavy atom. The number of primary amides is 1. The molecule has 228 valence electrons. The second-order valence-corrected chi connectivity index (χ2v) is 12.0. The summed E-state index contributed by atoms with van der Waals surface area (Å²) in [5, 5.41) is 16.1. The topological polar surface area (TPSA) is 133 Å². The van der Waals surface area contributed by atoms with Crippen LogP contribution in [0.4, 0.5) is 4.39 Å². The molecule has 4 aromatic rings. The summed E-state index contributed by atoms with van der Waals surface area (Å²) >= 11 is 6.24. The van der Waals surface area contributed by atoms with Crippen molar-refractivity contribution in [2.75, 3.05) is 13.7 Å². The minimum atomic E-state index is -1.81. The molecule has 1 saturated carbocycles. The number of pyridine rings is 1. The highest BCUT2D eigenvalue weighted by molar-refractivity contribution is 6.30. The number of aryl methyl sites for hydroxylation is 1. The molecule has 1 unspecified atom stereocenters. The molecule has 12 heteroatoms. The molecule has 0 radical (unpaired) electrons. The summed E-state index contributed by atoms with van der Waals surface area (Å²) in [5.41, 5.74) is 2.89. The van der Waals surface area contributed by atoms with E-state index in [1.807, 2.05) is 0 Å². The molecule has 2 aliphatic rings. The summed E-state index contributed by atoms with van der Waals surface area (Å²) in [5.74, 6) is -1.46. The first-order valence-corrected chi connectivity index (χ1v) is 14.4. The van der Waals surface area contributed by atoms with Gasteiger partial charge in [0.2, 0.25) is 11.8 Å². The molecule has 44 heavy (non-hydrogen) atoms. The summed E-state index contributed by atoms with van der Waals surface area (Å²) in [6.45, 7) is 1.33. The van der Waals surface area contributed by atoms with Crippen molar-refractivity contribution in [3.05, 3.63) is 111 Å². The summed E-state index contributed by atoms with van der Waals surface area (Å²) < 4.78 is 30.0. The third-order valence-electron chi connectivity index (χ3n) is 8.63. The molecule has 6 rings (SSSR count). The van der Waals surface area contributed by atoms with Crippen molar-refractivity contribution < 1.29 is 28.6 Å². The number of hydrogen-bond acceptors (Lipinski definition) is 7. The summed E-state index contributed by atoms with van der Waals surface area (Å²) in [6.07, 6.45) is 5.68. The van der Waals surface area contributed by atoms with Gasteiger partial charge in [0.25, 0.3) is 5.91 Å². The van der Waals surface area contributed by atoms with Crippen LogP contribution in [0.3, 0.4) is 0 Å². The van der Waals surface area contributed by atoms with Gasteiger partial charge >= 0.3 is 0 Å². The highest BCUT2D eigenvalue weighted by atomic mass is 35.5. The van der Waals surface area contributed by atoms with E-state index in [4.69, 9.17) is 26.8 Å². The van der Waals surface area contributed by atoms with Gasteiger partial charge in [-0.05, 0) is 55.2 Å². The third-order valence-corrected chi connectivity index (χ3v) is 8.88.